The number of aliphatic carboxylic acids is 1. The van der Waals surface area contributed by atoms with E-state index >= 15 is 4.79 Å². The van der Waals surface area contributed by atoms with Crippen molar-refractivity contribution in [1.29, 1.82) is 0 Å². The molecule has 0 radical (unpaired) electrons. The second-order valence-electron chi connectivity index (χ2n) is 11.0. The molecule has 42 heavy (non-hydrogen) atoms. The van der Waals surface area contributed by atoms with E-state index in [9.17, 15) is 23.4 Å². The average molecular weight is 612 g/mol. The number of hydrogen-bond donors (Lipinski definition) is 2. The van der Waals surface area contributed by atoms with Gasteiger partial charge in [0.25, 0.3) is 15.9 Å². The van der Waals surface area contributed by atoms with Crippen molar-refractivity contribution in [3.05, 3.63) is 87.9 Å². The van der Waals surface area contributed by atoms with E-state index in [2.05, 4.69) is 4.90 Å². The minimum atomic E-state index is -4.50. The number of fused-ring (bicyclic) bond motifs is 2. The van der Waals surface area contributed by atoms with Crippen LogP contribution in [0.3, 0.4) is 0 Å². The number of carbonyl (C=O) groups is 2. The third kappa shape index (κ3) is 4.22. The summed E-state index contributed by atoms with van der Waals surface area (Å²) in [4.78, 5) is 30.9. The maximum absolute atomic E-state index is 15.0. The molecule has 1 fully saturated rings. The lowest BCUT2D eigenvalue weighted by atomic mass is 9.81. The fourth-order valence-electron chi connectivity index (χ4n) is 6.58. The Labute approximate surface area is 248 Å². The largest absolute Gasteiger partial charge is 0.496 e. The molecule has 2 N–H and O–H groups in total. The lowest BCUT2D eigenvalue weighted by molar-refractivity contribution is -0.145. The molecule has 3 aromatic rings. The number of β-amino-alcohol motifs (C(OH)–C–C–N with tert-alkyl or cyclic N) is 1. The number of rotatable bonds is 6. The van der Waals surface area contributed by atoms with Crippen LogP contribution >= 0.6 is 11.6 Å². The zero-order valence-electron chi connectivity index (χ0n) is 23.0. The van der Waals surface area contributed by atoms with E-state index in [-0.39, 0.29) is 45.4 Å². The maximum Gasteiger partial charge on any atom is 0.321 e. The Morgan fingerprint density at radius 1 is 1.07 bits per heavy atom. The van der Waals surface area contributed by atoms with E-state index in [1.54, 1.807) is 36.4 Å². The van der Waals surface area contributed by atoms with E-state index in [0.717, 1.165) is 28.4 Å². The van der Waals surface area contributed by atoms with Gasteiger partial charge < -0.3 is 19.8 Å². The number of amides is 1. The molecule has 3 aromatic carbocycles. The smallest absolute Gasteiger partial charge is 0.321 e. The summed E-state index contributed by atoms with van der Waals surface area (Å²) in [6.45, 7) is 1.22. The molecule has 0 saturated carbocycles. The summed E-state index contributed by atoms with van der Waals surface area (Å²) in [5.41, 5.74) is 0.394. The lowest BCUT2D eigenvalue weighted by Crippen LogP contribution is -2.58. The molecular formula is C30H30ClN3O7S. The molecule has 0 spiro atoms. The normalized spacial score (nSPS) is 24.5. The monoisotopic (exact) mass is 611 g/mol. The molecule has 220 valence electrons. The number of carbonyl (C=O) groups excluding carboxylic acids is 1. The van der Waals surface area contributed by atoms with Gasteiger partial charge in [-0.15, -0.1) is 0 Å². The summed E-state index contributed by atoms with van der Waals surface area (Å²) in [7, 11) is -1.13. The van der Waals surface area contributed by atoms with Gasteiger partial charge in [0.05, 0.1) is 23.8 Å². The van der Waals surface area contributed by atoms with Gasteiger partial charge in [0, 0.05) is 42.2 Å². The van der Waals surface area contributed by atoms with Crippen LogP contribution in [0.2, 0.25) is 5.02 Å². The predicted octanol–water partition coefficient (Wildman–Crippen LogP) is 2.84. The average Bonchev–Trinajstić information content (AvgIpc) is 3.47. The summed E-state index contributed by atoms with van der Waals surface area (Å²) >= 11 is 6.47. The summed E-state index contributed by atoms with van der Waals surface area (Å²) in [6, 6.07) is 14.6. The first-order valence-corrected chi connectivity index (χ1v) is 15.3. The Balaban J connectivity index is 1.63. The molecule has 12 heteroatoms. The SMILES string of the molecule is COc1ccccc1C1(N2C[C@H](O)C[C@H]2C(=O)O)C(=O)N(S(=O)(=O)c2ccc3c(c2)CN(C)CC3)c2ccc(Cl)cc21. The van der Waals surface area contributed by atoms with E-state index < -0.39 is 39.6 Å². The molecule has 3 aliphatic heterocycles. The van der Waals surface area contributed by atoms with Crippen molar-refractivity contribution in [3.8, 4) is 5.75 Å². The van der Waals surface area contributed by atoms with Gasteiger partial charge in [-0.2, -0.15) is 0 Å². The van der Waals surface area contributed by atoms with E-state index in [1.807, 2.05) is 7.05 Å². The summed E-state index contributed by atoms with van der Waals surface area (Å²) in [5, 5.41) is 21.1. The molecule has 0 bridgehead atoms. The van der Waals surface area contributed by atoms with Gasteiger partial charge in [-0.1, -0.05) is 35.9 Å². The Hall–Kier alpha value is -3.48. The number of carboxylic acids is 1. The Morgan fingerprint density at radius 3 is 2.57 bits per heavy atom. The first-order valence-electron chi connectivity index (χ1n) is 13.5. The first kappa shape index (κ1) is 28.6. The number of para-hydroxylation sites is 1. The lowest BCUT2D eigenvalue weighted by Gasteiger charge is -2.40. The topological polar surface area (TPSA) is 128 Å². The molecular weight excluding hydrogens is 582 g/mol. The van der Waals surface area contributed by atoms with E-state index in [0.29, 0.717) is 6.54 Å². The van der Waals surface area contributed by atoms with Gasteiger partial charge in [-0.3, -0.25) is 14.5 Å². The highest BCUT2D eigenvalue weighted by Crippen LogP contribution is 2.54. The molecule has 1 saturated heterocycles. The van der Waals surface area contributed by atoms with Crippen LogP contribution < -0.4 is 9.04 Å². The number of hydrogen-bond acceptors (Lipinski definition) is 8. The van der Waals surface area contributed by atoms with Crippen LogP contribution in [-0.4, -0.2) is 79.7 Å². The molecule has 10 nitrogen and oxygen atoms in total. The third-order valence-corrected chi connectivity index (χ3v) is 10.4. The number of likely N-dealkylation sites (tertiary alicyclic amines) is 1. The van der Waals surface area contributed by atoms with Crippen LogP contribution in [0.1, 0.15) is 28.7 Å². The zero-order chi connectivity index (χ0) is 30.0. The van der Waals surface area contributed by atoms with Crippen molar-refractivity contribution in [2.75, 3.05) is 31.6 Å². The maximum atomic E-state index is 15.0. The highest BCUT2D eigenvalue weighted by Gasteiger charge is 2.63. The number of aliphatic hydroxyl groups is 1. The molecule has 1 unspecified atom stereocenters. The number of carboxylic acid groups (broad SMARTS) is 1. The van der Waals surface area contributed by atoms with Gasteiger partial charge >= 0.3 is 5.97 Å². The molecule has 3 heterocycles. The number of sulfonamides is 1. The second-order valence-corrected chi connectivity index (χ2v) is 13.2. The number of aliphatic hydroxyl groups excluding tert-OH is 1. The van der Waals surface area contributed by atoms with Gasteiger partial charge in [0.2, 0.25) is 0 Å². The summed E-state index contributed by atoms with van der Waals surface area (Å²) in [5.74, 6) is -1.91. The van der Waals surface area contributed by atoms with Crippen molar-refractivity contribution in [2.45, 2.75) is 42.0 Å². The van der Waals surface area contributed by atoms with Crippen LogP contribution in [0, 0.1) is 0 Å². The molecule has 3 atom stereocenters. The number of methoxy groups -OCH3 is 1. The minimum Gasteiger partial charge on any atom is -0.496 e. The van der Waals surface area contributed by atoms with Crippen LogP contribution in [0.15, 0.2) is 65.6 Å². The van der Waals surface area contributed by atoms with Crippen molar-refractivity contribution in [3.63, 3.8) is 0 Å². The molecule has 3 aliphatic rings. The predicted molar refractivity (Wildman–Crippen MR) is 155 cm³/mol. The number of likely N-dealkylation sites (N-methyl/N-ethyl adjacent to an activating group) is 1. The van der Waals surface area contributed by atoms with Gasteiger partial charge in [-0.25, -0.2) is 12.7 Å². The second kappa shape index (κ2) is 10.4. The van der Waals surface area contributed by atoms with Gasteiger partial charge in [0.1, 0.15) is 11.8 Å². The molecule has 0 aromatic heterocycles. The highest BCUT2D eigenvalue weighted by molar-refractivity contribution is 7.93. The molecule has 6 rings (SSSR count). The fraction of sp³-hybridized carbons (Fsp3) is 0.333. The Morgan fingerprint density at radius 2 is 1.83 bits per heavy atom. The van der Waals surface area contributed by atoms with E-state index in [1.165, 1.54) is 36.3 Å². The highest BCUT2D eigenvalue weighted by atomic mass is 35.5. The van der Waals surface area contributed by atoms with Crippen molar-refractivity contribution >= 4 is 39.2 Å². The van der Waals surface area contributed by atoms with E-state index in [4.69, 9.17) is 16.3 Å². The number of nitrogens with zero attached hydrogens (tertiary/aromatic N) is 3. The minimum absolute atomic E-state index is 0.0515. The molecule has 0 aliphatic carbocycles. The van der Waals surface area contributed by atoms with Gasteiger partial charge in [-0.05, 0) is 61.0 Å². The summed E-state index contributed by atoms with van der Waals surface area (Å²) in [6.07, 6.45) is -0.446. The zero-order valence-corrected chi connectivity index (χ0v) is 24.6. The molecule has 1 amide bonds. The summed E-state index contributed by atoms with van der Waals surface area (Å²) < 4.78 is 35.3. The van der Waals surface area contributed by atoms with Crippen LogP contribution in [-0.2, 0) is 38.1 Å². The Kier molecular flexibility index (Phi) is 7.06. The fourth-order valence-corrected chi connectivity index (χ4v) is 8.26. The third-order valence-electron chi connectivity index (χ3n) is 8.47. The van der Waals surface area contributed by atoms with Crippen LogP contribution in [0.25, 0.3) is 0 Å². The van der Waals surface area contributed by atoms with Crippen LogP contribution in [0.5, 0.6) is 5.75 Å². The van der Waals surface area contributed by atoms with Crippen molar-refractivity contribution < 1.29 is 33.0 Å². The van der Waals surface area contributed by atoms with Crippen LogP contribution in [0.4, 0.5) is 5.69 Å². The quantitative estimate of drug-likeness (QED) is 0.432. The first-order chi connectivity index (χ1) is 20.0. The Bertz CT molecular complexity index is 1710. The van der Waals surface area contributed by atoms with Crippen molar-refractivity contribution in [2.24, 2.45) is 0 Å². The number of ether oxygens (including phenoxy) is 1. The number of benzene rings is 3. The standard InChI is InChI=1S/C30H30ClN3O7S/c1-32-12-11-18-7-9-22(13-19(18)16-32)42(39,40)34-25-10-8-20(31)14-24(25)30(29(34)38,23-5-3-4-6-27(23)41-2)33-17-21(35)15-26(33)28(36)37/h3-10,13-14,21,26,35H,11-12,15-17H2,1-2H3,(H,36,37)/t21-,26+,30?/m1/s1. The van der Waals surface area contributed by atoms with Crippen molar-refractivity contribution in [1.82, 2.24) is 9.80 Å². The van der Waals surface area contributed by atoms with Gasteiger partial charge in [0.15, 0.2) is 5.54 Å². The number of anilines is 1. The number of halogens is 1.